The average molecular weight is 602 g/mol. The maximum atomic E-state index is 6.61. The highest BCUT2D eigenvalue weighted by Crippen LogP contribution is 2.41. The maximum absolute atomic E-state index is 6.61. The van der Waals surface area contributed by atoms with Gasteiger partial charge in [-0.05, 0) is 63.4 Å². The third-order valence-electron chi connectivity index (χ3n) is 8.68. The first-order valence-electron chi connectivity index (χ1n) is 15.7. The van der Waals surface area contributed by atoms with E-state index in [0.717, 1.165) is 66.3 Å². The van der Waals surface area contributed by atoms with Crippen LogP contribution >= 0.6 is 0 Å². The van der Waals surface area contributed by atoms with Crippen LogP contribution in [0.25, 0.3) is 89.1 Å². The van der Waals surface area contributed by atoms with Gasteiger partial charge in [0, 0.05) is 27.5 Å². The van der Waals surface area contributed by atoms with Gasteiger partial charge in [0.25, 0.3) is 0 Å². The fourth-order valence-electron chi connectivity index (χ4n) is 6.38. The summed E-state index contributed by atoms with van der Waals surface area (Å²) in [6.45, 7) is 0. The van der Waals surface area contributed by atoms with Gasteiger partial charge in [-0.1, -0.05) is 133 Å². The molecule has 2 aromatic heterocycles. The van der Waals surface area contributed by atoms with Crippen molar-refractivity contribution in [2.24, 2.45) is 0 Å². The summed E-state index contributed by atoms with van der Waals surface area (Å²) in [4.78, 5) is 15.2. The van der Waals surface area contributed by atoms with E-state index in [2.05, 4.69) is 121 Å². The Bertz CT molecular complexity index is 2560. The van der Waals surface area contributed by atoms with Crippen LogP contribution < -0.4 is 0 Å². The van der Waals surface area contributed by atoms with Gasteiger partial charge in [0.2, 0.25) is 0 Å². The molecule has 0 aliphatic heterocycles. The number of hydrogen-bond donors (Lipinski definition) is 0. The monoisotopic (exact) mass is 601 g/mol. The molecule has 0 amide bonds. The lowest BCUT2D eigenvalue weighted by molar-refractivity contribution is 0.669. The topological polar surface area (TPSA) is 51.8 Å². The van der Waals surface area contributed by atoms with Crippen LogP contribution in [-0.4, -0.2) is 15.0 Å². The van der Waals surface area contributed by atoms with Crippen LogP contribution in [0, 0.1) is 0 Å². The molecule has 0 spiro atoms. The number of furan rings is 1. The van der Waals surface area contributed by atoms with Crippen molar-refractivity contribution in [3.05, 3.63) is 164 Å². The molecule has 7 aromatic carbocycles. The first kappa shape index (κ1) is 27.0. The smallest absolute Gasteiger partial charge is 0.164 e. The van der Waals surface area contributed by atoms with E-state index in [4.69, 9.17) is 19.4 Å². The zero-order valence-corrected chi connectivity index (χ0v) is 25.3. The Morgan fingerprint density at radius 3 is 1.57 bits per heavy atom. The SMILES string of the molecule is c1ccc(-c2cccc(-c3nc(-c4ccccc4)nc(-c4cc(-c5ccccc5)c5c(c4)oc4cc6ccccc6cc45)n3)c2)cc1. The van der Waals surface area contributed by atoms with Crippen molar-refractivity contribution in [3.8, 4) is 56.4 Å². The number of benzene rings is 7. The van der Waals surface area contributed by atoms with Gasteiger partial charge in [0.05, 0.1) is 0 Å². The molecule has 9 rings (SSSR count). The Balaban J connectivity index is 1.29. The average Bonchev–Trinajstić information content (AvgIpc) is 3.51. The second-order valence-corrected chi connectivity index (χ2v) is 11.7. The molecule has 0 saturated carbocycles. The van der Waals surface area contributed by atoms with E-state index in [-0.39, 0.29) is 0 Å². The summed E-state index contributed by atoms with van der Waals surface area (Å²) < 4.78 is 6.61. The molecule has 0 saturated heterocycles. The Morgan fingerprint density at radius 2 is 0.872 bits per heavy atom. The summed E-state index contributed by atoms with van der Waals surface area (Å²) in [6, 6.07) is 56.3. The third-order valence-corrected chi connectivity index (χ3v) is 8.68. The quantitative estimate of drug-likeness (QED) is 0.197. The molecule has 220 valence electrons. The molecule has 0 N–H and O–H groups in total. The minimum absolute atomic E-state index is 0.587. The molecule has 0 unspecified atom stereocenters. The molecule has 0 atom stereocenters. The van der Waals surface area contributed by atoms with E-state index >= 15 is 0 Å². The molecule has 0 aliphatic rings. The molecule has 0 aliphatic carbocycles. The van der Waals surface area contributed by atoms with E-state index in [1.165, 1.54) is 5.39 Å². The molecular weight excluding hydrogens is 574 g/mol. The van der Waals surface area contributed by atoms with Crippen LogP contribution in [0.4, 0.5) is 0 Å². The Kier molecular flexibility index (Phi) is 6.43. The number of rotatable bonds is 5. The Morgan fingerprint density at radius 1 is 0.340 bits per heavy atom. The second-order valence-electron chi connectivity index (χ2n) is 11.7. The van der Waals surface area contributed by atoms with Crippen molar-refractivity contribution in [3.63, 3.8) is 0 Å². The summed E-state index contributed by atoms with van der Waals surface area (Å²) in [5.74, 6) is 1.82. The zero-order valence-electron chi connectivity index (χ0n) is 25.3. The predicted octanol–water partition coefficient (Wildman–Crippen LogP) is 11.3. The lowest BCUT2D eigenvalue weighted by atomic mass is 9.96. The molecule has 0 radical (unpaired) electrons. The Labute approximate surface area is 271 Å². The number of fused-ring (bicyclic) bond motifs is 4. The molecule has 9 aromatic rings. The van der Waals surface area contributed by atoms with Crippen LogP contribution in [0.1, 0.15) is 0 Å². The highest BCUT2D eigenvalue weighted by atomic mass is 16.3. The fraction of sp³-hybridized carbons (Fsp3) is 0. The van der Waals surface area contributed by atoms with Gasteiger partial charge in [0.1, 0.15) is 11.2 Å². The number of nitrogens with zero attached hydrogens (tertiary/aromatic N) is 3. The first-order valence-corrected chi connectivity index (χ1v) is 15.7. The van der Waals surface area contributed by atoms with Crippen LogP contribution in [0.2, 0.25) is 0 Å². The van der Waals surface area contributed by atoms with E-state index in [1.807, 2.05) is 42.5 Å². The van der Waals surface area contributed by atoms with Crippen LogP contribution in [0.15, 0.2) is 168 Å². The number of aromatic nitrogens is 3. The van der Waals surface area contributed by atoms with E-state index in [9.17, 15) is 0 Å². The number of hydrogen-bond acceptors (Lipinski definition) is 4. The van der Waals surface area contributed by atoms with Gasteiger partial charge in [-0.25, -0.2) is 15.0 Å². The molecule has 0 bridgehead atoms. The van der Waals surface area contributed by atoms with Crippen LogP contribution in [0.5, 0.6) is 0 Å². The second kappa shape index (κ2) is 11.2. The summed E-state index contributed by atoms with van der Waals surface area (Å²) in [5, 5.41) is 4.49. The lowest BCUT2D eigenvalue weighted by Gasteiger charge is -2.11. The molecule has 4 heteroatoms. The molecule has 4 nitrogen and oxygen atoms in total. The molecule has 47 heavy (non-hydrogen) atoms. The van der Waals surface area contributed by atoms with Crippen molar-refractivity contribution in [2.75, 3.05) is 0 Å². The van der Waals surface area contributed by atoms with Crippen molar-refractivity contribution in [2.45, 2.75) is 0 Å². The van der Waals surface area contributed by atoms with Crippen molar-refractivity contribution < 1.29 is 4.42 Å². The van der Waals surface area contributed by atoms with E-state index in [0.29, 0.717) is 17.5 Å². The summed E-state index contributed by atoms with van der Waals surface area (Å²) >= 11 is 0. The first-order chi connectivity index (χ1) is 23.3. The minimum Gasteiger partial charge on any atom is -0.456 e. The van der Waals surface area contributed by atoms with Gasteiger partial charge < -0.3 is 4.42 Å². The highest BCUT2D eigenvalue weighted by Gasteiger charge is 2.19. The Hall–Kier alpha value is -6.39. The largest absolute Gasteiger partial charge is 0.456 e. The van der Waals surface area contributed by atoms with Crippen molar-refractivity contribution >= 4 is 32.7 Å². The molecular formula is C43H27N3O. The van der Waals surface area contributed by atoms with Gasteiger partial charge in [-0.15, -0.1) is 0 Å². The fourth-order valence-corrected chi connectivity index (χ4v) is 6.38. The molecule has 2 heterocycles. The van der Waals surface area contributed by atoms with Gasteiger partial charge >= 0.3 is 0 Å². The van der Waals surface area contributed by atoms with E-state index < -0.39 is 0 Å². The summed E-state index contributed by atoms with van der Waals surface area (Å²) in [6.07, 6.45) is 0. The summed E-state index contributed by atoms with van der Waals surface area (Å²) in [7, 11) is 0. The van der Waals surface area contributed by atoms with Crippen molar-refractivity contribution in [1.82, 2.24) is 15.0 Å². The van der Waals surface area contributed by atoms with Crippen molar-refractivity contribution in [1.29, 1.82) is 0 Å². The van der Waals surface area contributed by atoms with Gasteiger partial charge in [-0.2, -0.15) is 0 Å². The van der Waals surface area contributed by atoms with Gasteiger partial charge in [-0.3, -0.25) is 0 Å². The normalized spacial score (nSPS) is 11.4. The van der Waals surface area contributed by atoms with E-state index in [1.54, 1.807) is 0 Å². The maximum Gasteiger partial charge on any atom is 0.164 e. The third kappa shape index (κ3) is 4.93. The van der Waals surface area contributed by atoms with Gasteiger partial charge in [0.15, 0.2) is 17.5 Å². The molecule has 0 fully saturated rings. The van der Waals surface area contributed by atoms with Crippen LogP contribution in [0.3, 0.4) is 0 Å². The summed E-state index contributed by atoms with van der Waals surface area (Å²) in [5.41, 5.74) is 8.78. The highest BCUT2D eigenvalue weighted by molar-refractivity contribution is 6.16. The zero-order chi connectivity index (χ0) is 31.2. The standard InChI is InChI=1S/C43H27N3O/c1-4-13-28(14-5-1)31-21-12-22-34(23-31)42-44-41(30-17-8-3-9-18-30)45-43(46-42)35-25-36(29-15-6-2-7-16-29)40-37-24-32-19-10-11-20-33(32)26-38(37)47-39(40)27-35/h1-27H. The predicted molar refractivity (Wildman–Crippen MR) is 192 cm³/mol. The van der Waals surface area contributed by atoms with Crippen LogP contribution in [-0.2, 0) is 0 Å². The lowest BCUT2D eigenvalue weighted by Crippen LogP contribution is -2.00. The minimum atomic E-state index is 0.587.